The summed E-state index contributed by atoms with van der Waals surface area (Å²) in [6, 6.07) is 57.2. The molecule has 9 aromatic carbocycles. The Kier molecular flexibility index (Phi) is 12.9. The Morgan fingerprint density at radius 1 is 0.653 bits per heavy atom. The van der Waals surface area contributed by atoms with Crippen molar-refractivity contribution < 1.29 is 14.3 Å². The first-order valence-electron chi connectivity index (χ1n) is 25.7. The smallest absolute Gasteiger partial charge is 0.353 e. The van der Waals surface area contributed by atoms with E-state index in [9.17, 15) is 19.2 Å². The third-order valence-electron chi connectivity index (χ3n) is 14.4. The number of unbranched alkanes of at least 4 members (excludes halogenated alkanes) is 4. The normalized spacial score (nSPS) is 12.6. The number of fused-ring (bicyclic) bond motifs is 4. The SMILES string of the molecule is CCCCCCCN1c2ccccc2Sc2cc(-c3ccc(-n4c5nc(=O)n(CC(=O)N[C@@H](Cc6ccc7ccc8cccc9ccc6c7c89)C(=O)OCc6ccccc6)c(=O)c-5nc5ccccc54)cc3)ccc21. The van der Waals surface area contributed by atoms with Gasteiger partial charge in [-0.25, -0.2) is 19.1 Å². The van der Waals surface area contributed by atoms with Crippen LogP contribution in [0.1, 0.15) is 50.2 Å². The predicted octanol–water partition coefficient (Wildman–Crippen LogP) is 12.7. The van der Waals surface area contributed by atoms with Crippen LogP contribution in [-0.2, 0) is 33.9 Å². The molecule has 12 rings (SSSR count). The summed E-state index contributed by atoms with van der Waals surface area (Å²) in [6.07, 6.45) is 6.16. The average Bonchev–Trinajstić information content (AvgIpc) is 3.46. The summed E-state index contributed by atoms with van der Waals surface area (Å²) in [5.74, 6) is -1.34. The number of aromatic nitrogens is 4. The average molecular weight is 1010 g/mol. The van der Waals surface area contributed by atoms with Gasteiger partial charge in [0.1, 0.15) is 19.2 Å². The minimum absolute atomic E-state index is 0.00745. The van der Waals surface area contributed by atoms with Crippen molar-refractivity contribution in [3.8, 4) is 28.3 Å². The molecule has 0 bridgehead atoms. The van der Waals surface area contributed by atoms with Crippen LogP contribution in [0.3, 0.4) is 0 Å². The maximum Gasteiger partial charge on any atom is 0.353 e. The fourth-order valence-corrected chi connectivity index (χ4v) is 11.8. The van der Waals surface area contributed by atoms with Gasteiger partial charge in [0.25, 0.3) is 5.56 Å². The number of benzene rings is 9. The fraction of sp³-hybridized carbons (Fsp3) is 0.175. The zero-order valence-corrected chi connectivity index (χ0v) is 42.2. The van der Waals surface area contributed by atoms with Crippen molar-refractivity contribution in [3.63, 3.8) is 0 Å². The van der Waals surface area contributed by atoms with Gasteiger partial charge in [-0.1, -0.05) is 172 Å². The number of amides is 1. The van der Waals surface area contributed by atoms with Gasteiger partial charge in [0.05, 0.1) is 22.4 Å². The molecule has 0 aliphatic carbocycles. The number of hydrogen-bond donors (Lipinski definition) is 1. The molecule has 11 nitrogen and oxygen atoms in total. The number of nitrogens with zero attached hydrogens (tertiary/aromatic N) is 5. The molecule has 12 heteroatoms. The largest absolute Gasteiger partial charge is 0.459 e. The van der Waals surface area contributed by atoms with Crippen LogP contribution in [0.25, 0.3) is 71.7 Å². The second kappa shape index (κ2) is 20.4. The third-order valence-corrected chi connectivity index (χ3v) is 15.5. The highest BCUT2D eigenvalue weighted by molar-refractivity contribution is 7.99. The van der Waals surface area contributed by atoms with E-state index >= 15 is 0 Å². The van der Waals surface area contributed by atoms with Crippen LogP contribution < -0.4 is 21.5 Å². The summed E-state index contributed by atoms with van der Waals surface area (Å²) < 4.78 is 8.36. The first kappa shape index (κ1) is 47.4. The molecule has 9 aromatic rings. The van der Waals surface area contributed by atoms with Crippen LogP contribution >= 0.6 is 11.8 Å². The summed E-state index contributed by atoms with van der Waals surface area (Å²) in [5.41, 5.74) is 6.15. The van der Waals surface area contributed by atoms with E-state index in [0.717, 1.165) is 72.1 Å². The van der Waals surface area contributed by atoms with Gasteiger partial charge in [0.15, 0.2) is 11.5 Å². The van der Waals surface area contributed by atoms with Crippen LogP contribution in [0.2, 0.25) is 0 Å². The molecular formula is C63H52N6O5S. The highest BCUT2D eigenvalue weighted by Crippen LogP contribution is 2.49. The Labute approximate surface area is 437 Å². The van der Waals surface area contributed by atoms with Crippen molar-refractivity contribution in [1.29, 1.82) is 0 Å². The van der Waals surface area contributed by atoms with Crippen molar-refractivity contribution >= 4 is 78.4 Å². The molecule has 0 saturated heterocycles. The first-order valence-corrected chi connectivity index (χ1v) is 26.5. The molecular weight excluding hydrogens is 953 g/mol. The zero-order valence-electron chi connectivity index (χ0n) is 41.4. The van der Waals surface area contributed by atoms with E-state index in [1.807, 2.05) is 97.1 Å². The Balaban J connectivity index is 0.839. The van der Waals surface area contributed by atoms with Crippen molar-refractivity contribution in [1.82, 2.24) is 24.4 Å². The van der Waals surface area contributed by atoms with Gasteiger partial charge in [-0.15, -0.1) is 0 Å². The molecule has 0 radical (unpaired) electrons. The van der Waals surface area contributed by atoms with Crippen LogP contribution in [0, 0.1) is 0 Å². The van der Waals surface area contributed by atoms with Gasteiger partial charge in [-0.3, -0.25) is 14.2 Å². The molecule has 0 unspecified atom stereocenters. The number of para-hydroxylation sites is 3. The van der Waals surface area contributed by atoms with Gasteiger partial charge in [0.2, 0.25) is 5.91 Å². The molecule has 370 valence electrons. The summed E-state index contributed by atoms with van der Waals surface area (Å²) in [7, 11) is 0. The van der Waals surface area contributed by atoms with E-state index in [4.69, 9.17) is 9.72 Å². The quantitative estimate of drug-likeness (QED) is 0.0435. The van der Waals surface area contributed by atoms with E-state index in [1.54, 1.807) is 22.4 Å². The highest BCUT2D eigenvalue weighted by Gasteiger charge is 2.28. The van der Waals surface area contributed by atoms with E-state index in [1.165, 1.54) is 46.8 Å². The van der Waals surface area contributed by atoms with E-state index in [0.29, 0.717) is 16.7 Å². The number of ether oxygens (including phenoxy) is 1. The molecule has 3 aliphatic heterocycles. The molecule has 1 atom stereocenters. The van der Waals surface area contributed by atoms with Crippen molar-refractivity contribution in [3.05, 3.63) is 208 Å². The second-order valence-electron chi connectivity index (χ2n) is 19.3. The molecule has 3 heterocycles. The molecule has 3 aliphatic rings. The first-order chi connectivity index (χ1) is 36.8. The monoisotopic (exact) mass is 1000 g/mol. The van der Waals surface area contributed by atoms with Crippen molar-refractivity contribution in [2.75, 3.05) is 11.4 Å². The van der Waals surface area contributed by atoms with Gasteiger partial charge >= 0.3 is 11.7 Å². The number of rotatable bonds is 16. The van der Waals surface area contributed by atoms with Crippen LogP contribution in [0.15, 0.2) is 195 Å². The lowest BCUT2D eigenvalue weighted by Crippen LogP contribution is -2.48. The lowest BCUT2D eigenvalue weighted by Gasteiger charge is -2.33. The second-order valence-corrected chi connectivity index (χ2v) is 20.3. The summed E-state index contributed by atoms with van der Waals surface area (Å²) in [5, 5.41) is 9.24. The van der Waals surface area contributed by atoms with Crippen molar-refractivity contribution in [2.45, 2.75) is 74.4 Å². The molecule has 0 saturated carbocycles. The Bertz CT molecular complexity index is 4030. The van der Waals surface area contributed by atoms with E-state index in [-0.39, 0.29) is 24.5 Å². The minimum atomic E-state index is -1.16. The maximum atomic E-state index is 14.5. The van der Waals surface area contributed by atoms with Gasteiger partial charge < -0.3 is 15.0 Å². The predicted molar refractivity (Wildman–Crippen MR) is 300 cm³/mol. The summed E-state index contributed by atoms with van der Waals surface area (Å²) in [6.45, 7) is 2.49. The number of esters is 1. The number of anilines is 2. The Morgan fingerprint density at radius 3 is 2.19 bits per heavy atom. The lowest BCUT2D eigenvalue weighted by atomic mass is 9.90. The fourth-order valence-electron chi connectivity index (χ4n) is 10.7. The van der Waals surface area contributed by atoms with Crippen LogP contribution in [-0.4, -0.2) is 43.6 Å². The maximum absolute atomic E-state index is 14.5. The molecule has 0 spiro atoms. The topological polar surface area (TPSA) is 128 Å². The van der Waals surface area contributed by atoms with Crippen LogP contribution in [0.4, 0.5) is 11.4 Å². The number of nitrogens with one attached hydrogen (secondary N) is 1. The molecule has 0 aromatic heterocycles. The van der Waals surface area contributed by atoms with E-state index < -0.39 is 35.7 Å². The van der Waals surface area contributed by atoms with Gasteiger partial charge in [-0.2, -0.15) is 4.98 Å². The van der Waals surface area contributed by atoms with Gasteiger partial charge in [-0.05, 0) is 110 Å². The zero-order chi connectivity index (χ0) is 51.0. The standard InChI is InChI=1S/C63H52N6O5S/c1-2-3-4-5-13-35-67-52-21-11-12-22-54(52)75-55-37-45(30-34-53(55)67)41-27-31-47(32-28-41)69-51-20-10-9-19-49(51)65-59-60(69)66-63(73)68(61(59)71)38-56(70)64-50(62(72)74-39-40-15-7-6-8-16-40)36-46-26-25-44-24-23-42-17-14-18-43-29-33-48(46)58(44)57(42)43/h6-12,14-34,37,50H,2-5,13,35-36,38-39H2,1H3,(H,64,70)/t50-/m0/s1. The Hall–Kier alpha value is -8.61. The van der Waals surface area contributed by atoms with E-state index in [2.05, 4.69) is 94.9 Å². The Morgan fingerprint density at radius 2 is 1.36 bits per heavy atom. The highest BCUT2D eigenvalue weighted by atomic mass is 32.2. The minimum Gasteiger partial charge on any atom is -0.459 e. The molecule has 0 fully saturated rings. The van der Waals surface area contributed by atoms with Crippen molar-refractivity contribution in [2.24, 2.45) is 0 Å². The third kappa shape index (κ3) is 9.16. The molecule has 75 heavy (non-hydrogen) atoms. The number of hydrogen-bond acceptors (Lipinski definition) is 9. The molecule has 1 N–H and O–H groups in total. The lowest BCUT2D eigenvalue weighted by molar-refractivity contribution is -0.149. The van der Waals surface area contributed by atoms with Gasteiger partial charge in [0, 0.05) is 28.4 Å². The van der Waals surface area contributed by atoms with Crippen LogP contribution in [0.5, 0.6) is 0 Å². The number of carbonyl (C=O) groups excluding carboxylic acids is 2. The number of carbonyl (C=O) groups is 2. The summed E-state index contributed by atoms with van der Waals surface area (Å²) >= 11 is 1.79. The summed E-state index contributed by atoms with van der Waals surface area (Å²) in [4.78, 5) is 70.9. The molecule has 1 amide bonds.